The maximum atomic E-state index is 14.2. The van der Waals surface area contributed by atoms with Crippen molar-refractivity contribution >= 4 is 22.7 Å². The molecule has 39 heavy (non-hydrogen) atoms. The predicted octanol–water partition coefficient (Wildman–Crippen LogP) is 4.78. The van der Waals surface area contributed by atoms with Gasteiger partial charge in [-0.15, -0.1) is 0 Å². The van der Waals surface area contributed by atoms with Crippen molar-refractivity contribution < 1.29 is 22.8 Å². The Morgan fingerprint density at radius 2 is 1.72 bits per heavy atom. The number of hydrogen-bond acceptors (Lipinski definition) is 4. The van der Waals surface area contributed by atoms with Gasteiger partial charge >= 0.3 is 0 Å². The lowest BCUT2D eigenvalue weighted by atomic mass is 9.94. The summed E-state index contributed by atoms with van der Waals surface area (Å²) in [5.74, 6) is -3.63. The molecular weight excluding hydrogens is 507 g/mol. The maximum absolute atomic E-state index is 14.2. The van der Waals surface area contributed by atoms with Gasteiger partial charge in [0.25, 0.3) is 5.91 Å². The summed E-state index contributed by atoms with van der Waals surface area (Å²) in [7, 11) is 0. The Labute approximate surface area is 220 Å². The monoisotopic (exact) mass is 529 g/mol. The van der Waals surface area contributed by atoms with Crippen molar-refractivity contribution in [1.29, 1.82) is 0 Å². The van der Waals surface area contributed by atoms with Crippen LogP contribution < -0.4 is 11.1 Å². The Bertz CT molecular complexity index is 1680. The van der Waals surface area contributed by atoms with Gasteiger partial charge in [0.15, 0.2) is 0 Å². The number of fused-ring (bicyclic) bond motifs is 1. The minimum Gasteiger partial charge on any atom is -0.366 e. The fourth-order valence-corrected chi connectivity index (χ4v) is 4.55. The number of carbonyl (C=O) groups excluding carboxylic acids is 2. The van der Waals surface area contributed by atoms with E-state index >= 15 is 0 Å². The molecule has 10 heteroatoms. The number of nitrogens with zero attached hydrogens (tertiary/aromatic N) is 2. The second-order valence-electron chi connectivity index (χ2n) is 8.99. The lowest BCUT2D eigenvalue weighted by molar-refractivity contribution is -0.121. The Kier molecular flexibility index (Phi) is 7.09. The van der Waals surface area contributed by atoms with Gasteiger partial charge in [-0.05, 0) is 53.9 Å². The zero-order valence-corrected chi connectivity index (χ0v) is 20.4. The molecule has 1 unspecified atom stereocenters. The lowest BCUT2D eigenvalue weighted by Gasteiger charge is -2.22. The maximum Gasteiger partial charge on any atom is 0.251 e. The summed E-state index contributed by atoms with van der Waals surface area (Å²) in [6.45, 7) is 0. The number of nitrogens with two attached hydrogens (primary N) is 1. The van der Waals surface area contributed by atoms with E-state index in [9.17, 15) is 22.8 Å². The minimum atomic E-state index is -0.939. The smallest absolute Gasteiger partial charge is 0.251 e. The van der Waals surface area contributed by atoms with E-state index in [1.165, 1.54) is 30.5 Å². The predicted molar refractivity (Wildman–Crippen MR) is 139 cm³/mol. The van der Waals surface area contributed by atoms with Crippen molar-refractivity contribution in [2.24, 2.45) is 5.73 Å². The fraction of sp³-hybridized carbons (Fsp3) is 0.103. The molecule has 2 aromatic heterocycles. The molecule has 4 N–H and O–H groups in total. The number of benzene rings is 3. The van der Waals surface area contributed by atoms with Gasteiger partial charge in [-0.1, -0.05) is 30.3 Å². The van der Waals surface area contributed by atoms with Gasteiger partial charge in [-0.2, -0.15) is 5.10 Å². The number of carbonyl (C=O) groups is 2. The Morgan fingerprint density at radius 1 is 0.949 bits per heavy atom. The van der Waals surface area contributed by atoms with Crippen LogP contribution in [0.4, 0.5) is 13.2 Å². The number of primary amides is 1. The normalized spacial score (nSPS) is 11.9. The quantitative estimate of drug-likeness (QED) is 0.268. The van der Waals surface area contributed by atoms with Crippen LogP contribution in [0.5, 0.6) is 0 Å². The standard InChI is InChI=1S/C29H22F3N5O2/c30-18-10-16(11-19(31)14-18)12-26(35-27(38)15-25-21-4-1-2-6-24(21)36-37-25)28-20(5-3-9-34-28)17-7-8-23(32)22(13-17)29(33)39/h1-11,13-14,26H,12,15H2,(H2,33,39)(H,35,38)(H,36,37). The highest BCUT2D eigenvalue weighted by Crippen LogP contribution is 2.30. The first-order valence-corrected chi connectivity index (χ1v) is 12.0. The Hall–Kier alpha value is -4.99. The first-order chi connectivity index (χ1) is 18.8. The fourth-order valence-electron chi connectivity index (χ4n) is 4.55. The number of H-pyrrole nitrogens is 1. The molecule has 0 saturated carbocycles. The minimum absolute atomic E-state index is 0.00435. The summed E-state index contributed by atoms with van der Waals surface area (Å²) < 4.78 is 42.2. The van der Waals surface area contributed by atoms with Crippen molar-refractivity contribution in [2.75, 3.05) is 0 Å². The molecule has 1 atom stereocenters. The highest BCUT2D eigenvalue weighted by molar-refractivity contribution is 5.94. The van der Waals surface area contributed by atoms with Gasteiger partial charge in [-0.3, -0.25) is 19.7 Å². The highest BCUT2D eigenvalue weighted by Gasteiger charge is 2.23. The average Bonchev–Trinajstić information content (AvgIpc) is 3.30. The van der Waals surface area contributed by atoms with Crippen LogP contribution in [0.3, 0.4) is 0 Å². The Balaban J connectivity index is 1.53. The molecule has 0 spiro atoms. The van der Waals surface area contributed by atoms with E-state index in [-0.39, 0.29) is 24.0 Å². The number of nitrogens with one attached hydrogen (secondary N) is 2. The van der Waals surface area contributed by atoms with E-state index < -0.39 is 35.3 Å². The molecule has 3 aromatic carbocycles. The van der Waals surface area contributed by atoms with Crippen LogP contribution in [-0.2, 0) is 17.6 Å². The van der Waals surface area contributed by atoms with Gasteiger partial charge < -0.3 is 11.1 Å². The van der Waals surface area contributed by atoms with Crippen LogP contribution in [0.25, 0.3) is 22.0 Å². The molecule has 0 saturated heterocycles. The first kappa shape index (κ1) is 25.7. The van der Waals surface area contributed by atoms with E-state index in [1.807, 2.05) is 24.3 Å². The zero-order valence-electron chi connectivity index (χ0n) is 20.4. The third-order valence-corrected chi connectivity index (χ3v) is 6.29. The zero-order chi connectivity index (χ0) is 27.5. The van der Waals surface area contributed by atoms with Crippen molar-refractivity contribution in [3.63, 3.8) is 0 Å². The van der Waals surface area contributed by atoms with Gasteiger partial charge in [0, 0.05) is 23.2 Å². The van der Waals surface area contributed by atoms with Crippen molar-refractivity contribution in [1.82, 2.24) is 20.5 Å². The van der Waals surface area contributed by atoms with Crippen LogP contribution in [-0.4, -0.2) is 27.0 Å². The topological polar surface area (TPSA) is 114 Å². The number of para-hydroxylation sites is 1. The van der Waals surface area contributed by atoms with E-state index in [1.54, 1.807) is 12.1 Å². The summed E-state index contributed by atoms with van der Waals surface area (Å²) in [6.07, 6.45) is 1.43. The number of halogens is 3. The summed E-state index contributed by atoms with van der Waals surface area (Å²) in [6, 6.07) is 16.8. The number of amides is 2. The van der Waals surface area contributed by atoms with Crippen molar-refractivity contribution in [2.45, 2.75) is 18.9 Å². The molecule has 5 rings (SSSR count). The lowest BCUT2D eigenvalue weighted by Crippen LogP contribution is -2.32. The third-order valence-electron chi connectivity index (χ3n) is 6.29. The van der Waals surface area contributed by atoms with E-state index in [0.29, 0.717) is 22.5 Å². The molecule has 196 valence electrons. The number of aromatic amines is 1. The average molecular weight is 530 g/mol. The molecular formula is C29H22F3N5O2. The van der Waals surface area contributed by atoms with Gasteiger partial charge in [-0.25, -0.2) is 13.2 Å². The SMILES string of the molecule is NC(=O)c1cc(-c2cccnc2C(Cc2cc(F)cc(F)c2)NC(=O)Cc2n[nH]c3ccccc23)ccc1F. The molecule has 0 fully saturated rings. The number of rotatable bonds is 8. The number of aromatic nitrogens is 3. The molecule has 0 aliphatic carbocycles. The third kappa shape index (κ3) is 5.64. The van der Waals surface area contributed by atoms with Crippen LogP contribution in [0, 0.1) is 17.5 Å². The number of pyridine rings is 1. The Morgan fingerprint density at radius 3 is 2.49 bits per heavy atom. The molecule has 0 radical (unpaired) electrons. The molecule has 5 aromatic rings. The molecule has 0 aliphatic heterocycles. The van der Waals surface area contributed by atoms with Crippen molar-refractivity contribution in [3.05, 3.63) is 119 Å². The molecule has 0 bridgehead atoms. The van der Waals surface area contributed by atoms with Crippen LogP contribution in [0.2, 0.25) is 0 Å². The summed E-state index contributed by atoms with van der Waals surface area (Å²) in [4.78, 5) is 29.5. The molecule has 2 heterocycles. The van der Waals surface area contributed by atoms with E-state index in [2.05, 4.69) is 20.5 Å². The molecule has 2 amide bonds. The van der Waals surface area contributed by atoms with Crippen LogP contribution >= 0.6 is 0 Å². The van der Waals surface area contributed by atoms with E-state index in [0.717, 1.165) is 23.0 Å². The molecule has 0 aliphatic rings. The first-order valence-electron chi connectivity index (χ1n) is 12.0. The van der Waals surface area contributed by atoms with Crippen LogP contribution in [0.1, 0.15) is 33.4 Å². The van der Waals surface area contributed by atoms with Gasteiger partial charge in [0.1, 0.15) is 17.5 Å². The second kappa shape index (κ2) is 10.8. The highest BCUT2D eigenvalue weighted by atomic mass is 19.1. The molecule has 7 nitrogen and oxygen atoms in total. The van der Waals surface area contributed by atoms with E-state index in [4.69, 9.17) is 5.73 Å². The summed E-state index contributed by atoms with van der Waals surface area (Å²) in [5.41, 5.74) is 7.88. The van der Waals surface area contributed by atoms with Gasteiger partial charge in [0.05, 0.1) is 34.9 Å². The second-order valence-corrected chi connectivity index (χ2v) is 8.99. The largest absolute Gasteiger partial charge is 0.366 e. The summed E-state index contributed by atoms with van der Waals surface area (Å²) in [5, 5.41) is 10.8. The number of hydrogen-bond donors (Lipinski definition) is 3. The van der Waals surface area contributed by atoms with Crippen molar-refractivity contribution in [3.8, 4) is 11.1 Å². The van der Waals surface area contributed by atoms with Gasteiger partial charge in [0.2, 0.25) is 5.91 Å². The van der Waals surface area contributed by atoms with Crippen LogP contribution in [0.15, 0.2) is 79.0 Å². The summed E-state index contributed by atoms with van der Waals surface area (Å²) >= 11 is 0.